The number of rotatable bonds is 3. The lowest BCUT2D eigenvalue weighted by atomic mass is 10.1. The highest BCUT2D eigenvalue weighted by Crippen LogP contribution is 2.37. The topological polar surface area (TPSA) is 96.7 Å². The molecule has 1 saturated heterocycles. The van der Waals surface area contributed by atoms with Gasteiger partial charge >= 0.3 is 5.69 Å². The molecule has 2 rings (SSSR count). The van der Waals surface area contributed by atoms with E-state index in [2.05, 4.69) is 15.6 Å². The van der Waals surface area contributed by atoms with E-state index in [9.17, 15) is 19.4 Å². The standard InChI is InChI=1S/C12H13FN2O5S/c1-3-6-4-15(11(18)14-9(6)21)10-7(16)8(17)12(13,20-10)5-19-2/h1,4,7-8,10,16-17H,5H2,2H3,(H,14,18,21)/t7-,8+,10-,12-/m1/s1/i5D2. The highest BCUT2D eigenvalue weighted by atomic mass is 32.1. The van der Waals surface area contributed by atoms with Gasteiger partial charge in [-0.1, -0.05) is 18.1 Å². The lowest BCUT2D eigenvalue weighted by molar-refractivity contribution is -0.212. The first-order chi connectivity index (χ1) is 10.6. The summed E-state index contributed by atoms with van der Waals surface area (Å²) in [4.78, 5) is 14.1. The van der Waals surface area contributed by atoms with Crippen molar-refractivity contribution in [3.8, 4) is 12.3 Å². The SMILES string of the molecule is [2H]C([2H])(OC)[C@@]1(F)O[C@@H](n2cc(C#C)c(=S)[nH]c2=O)[C@H](O)[C@@H]1O. The number of methoxy groups -OCH3 is 1. The molecule has 0 bridgehead atoms. The molecule has 0 radical (unpaired) electrons. The van der Waals surface area contributed by atoms with Gasteiger partial charge in [-0.2, -0.15) is 0 Å². The molecule has 7 nitrogen and oxygen atoms in total. The van der Waals surface area contributed by atoms with E-state index in [1.54, 1.807) is 0 Å². The van der Waals surface area contributed by atoms with Gasteiger partial charge in [0.15, 0.2) is 6.23 Å². The molecule has 0 aliphatic carbocycles. The van der Waals surface area contributed by atoms with Crippen molar-refractivity contribution in [2.75, 3.05) is 13.7 Å². The number of nitrogens with one attached hydrogen (secondary N) is 1. The minimum absolute atomic E-state index is 0.0412. The second-order valence-electron chi connectivity index (χ2n) is 4.25. The molecule has 2 heterocycles. The summed E-state index contributed by atoms with van der Waals surface area (Å²) in [6.45, 7) is -3.08. The minimum atomic E-state index is -3.41. The fraction of sp³-hybridized carbons (Fsp3) is 0.500. The Balaban J connectivity index is 2.54. The second kappa shape index (κ2) is 5.67. The van der Waals surface area contributed by atoms with Gasteiger partial charge in [0, 0.05) is 13.3 Å². The summed E-state index contributed by atoms with van der Waals surface area (Å²) in [5, 5.41) is 19.8. The van der Waals surface area contributed by atoms with Gasteiger partial charge in [-0.25, -0.2) is 9.18 Å². The Morgan fingerprint density at radius 2 is 2.48 bits per heavy atom. The van der Waals surface area contributed by atoms with Crippen molar-refractivity contribution in [2.24, 2.45) is 0 Å². The van der Waals surface area contributed by atoms with Crippen LogP contribution in [0.4, 0.5) is 4.39 Å². The van der Waals surface area contributed by atoms with Gasteiger partial charge < -0.3 is 19.7 Å². The predicted molar refractivity (Wildman–Crippen MR) is 71.7 cm³/mol. The maximum atomic E-state index is 14.7. The molecule has 9 heteroatoms. The second-order valence-corrected chi connectivity index (χ2v) is 4.66. The van der Waals surface area contributed by atoms with E-state index in [1.807, 2.05) is 0 Å². The summed E-state index contributed by atoms with van der Waals surface area (Å²) in [6, 6.07) is 0. The van der Waals surface area contributed by atoms with Crippen molar-refractivity contribution in [1.29, 1.82) is 0 Å². The van der Waals surface area contributed by atoms with E-state index in [4.69, 9.17) is 26.1 Å². The fourth-order valence-electron chi connectivity index (χ4n) is 1.91. The Kier molecular flexibility index (Phi) is 3.54. The average molecular weight is 318 g/mol. The summed E-state index contributed by atoms with van der Waals surface area (Å²) in [6.07, 6.45) is 0.236. The third kappa shape index (κ3) is 2.64. The summed E-state index contributed by atoms with van der Waals surface area (Å²) >= 11 is 4.83. The first kappa shape index (κ1) is 13.1. The van der Waals surface area contributed by atoms with Crippen molar-refractivity contribution >= 4 is 12.2 Å². The molecule has 0 aromatic carbocycles. The Morgan fingerprint density at radius 3 is 3.05 bits per heavy atom. The van der Waals surface area contributed by atoms with Gasteiger partial charge in [0.25, 0.3) is 5.85 Å². The molecule has 1 aromatic heterocycles. The molecule has 3 N–H and O–H groups in total. The average Bonchev–Trinajstić information content (AvgIpc) is 2.73. The van der Waals surface area contributed by atoms with E-state index < -0.39 is 36.5 Å². The van der Waals surface area contributed by atoms with Crippen LogP contribution in [0.5, 0.6) is 0 Å². The van der Waals surface area contributed by atoms with E-state index in [1.165, 1.54) is 0 Å². The van der Waals surface area contributed by atoms with Crippen LogP contribution >= 0.6 is 12.2 Å². The minimum Gasteiger partial charge on any atom is -0.385 e. The van der Waals surface area contributed by atoms with Crippen molar-refractivity contribution in [1.82, 2.24) is 9.55 Å². The van der Waals surface area contributed by atoms with Crippen molar-refractivity contribution < 1.29 is 26.8 Å². The van der Waals surface area contributed by atoms with Crippen LogP contribution < -0.4 is 5.69 Å². The van der Waals surface area contributed by atoms with Gasteiger partial charge in [0.05, 0.1) is 8.30 Å². The summed E-state index contributed by atoms with van der Waals surface area (Å²) in [5.41, 5.74) is -0.816. The van der Waals surface area contributed by atoms with E-state index in [-0.39, 0.29) is 10.2 Å². The van der Waals surface area contributed by atoms with Gasteiger partial charge in [0.1, 0.15) is 23.4 Å². The number of H-pyrrole nitrogens is 1. The van der Waals surface area contributed by atoms with Crippen LogP contribution in [-0.2, 0) is 9.47 Å². The third-order valence-corrected chi connectivity index (χ3v) is 3.25. The summed E-state index contributed by atoms with van der Waals surface area (Å²) in [5.74, 6) is -1.22. The fourth-order valence-corrected chi connectivity index (χ4v) is 2.11. The summed E-state index contributed by atoms with van der Waals surface area (Å²) in [7, 11) is 0.861. The number of nitrogens with zero attached hydrogens (tertiary/aromatic N) is 1. The van der Waals surface area contributed by atoms with Crippen molar-refractivity contribution in [3.63, 3.8) is 0 Å². The highest BCUT2D eigenvalue weighted by molar-refractivity contribution is 7.71. The normalized spacial score (nSPS) is 34.1. The Labute approximate surface area is 126 Å². The quantitative estimate of drug-likeness (QED) is 0.511. The maximum Gasteiger partial charge on any atom is 0.328 e. The lowest BCUT2D eigenvalue weighted by Gasteiger charge is -2.21. The van der Waals surface area contributed by atoms with Gasteiger partial charge in [-0.3, -0.25) is 9.55 Å². The van der Waals surface area contributed by atoms with Crippen LogP contribution in [0, 0.1) is 17.0 Å². The number of ether oxygens (including phenoxy) is 2. The van der Waals surface area contributed by atoms with Crippen LogP contribution in [0.3, 0.4) is 0 Å². The van der Waals surface area contributed by atoms with Crippen molar-refractivity contribution in [3.05, 3.63) is 26.9 Å². The van der Waals surface area contributed by atoms with E-state index in [0.29, 0.717) is 4.57 Å². The molecular formula is C12H13FN2O5S. The number of aliphatic hydroxyl groups excluding tert-OH is 2. The molecular weight excluding hydrogens is 303 g/mol. The first-order valence-electron chi connectivity index (χ1n) is 6.69. The Hall–Kier alpha value is -1.57. The number of hydrogen-bond donors (Lipinski definition) is 3. The smallest absolute Gasteiger partial charge is 0.328 e. The number of halogens is 1. The number of aliphatic hydroxyl groups is 2. The number of hydrogen-bond acceptors (Lipinski definition) is 6. The zero-order valence-electron chi connectivity index (χ0n) is 12.7. The first-order valence-corrected chi connectivity index (χ1v) is 6.10. The molecule has 21 heavy (non-hydrogen) atoms. The zero-order chi connectivity index (χ0) is 17.6. The Bertz CT molecular complexity index is 776. The number of aromatic nitrogens is 2. The third-order valence-electron chi connectivity index (χ3n) is 2.93. The number of alkyl halides is 1. The maximum absolute atomic E-state index is 14.7. The highest BCUT2D eigenvalue weighted by Gasteiger charge is 2.56. The Morgan fingerprint density at radius 1 is 1.81 bits per heavy atom. The molecule has 0 saturated carbocycles. The van der Waals surface area contributed by atoms with E-state index >= 15 is 0 Å². The van der Waals surface area contributed by atoms with Gasteiger partial charge in [-0.05, 0) is 0 Å². The molecule has 0 amide bonds. The van der Waals surface area contributed by atoms with Crippen LogP contribution in [0.25, 0.3) is 0 Å². The molecule has 1 aromatic rings. The predicted octanol–water partition coefficient (Wildman–Crippen LogP) is -0.550. The monoisotopic (exact) mass is 318 g/mol. The summed E-state index contributed by atoms with van der Waals surface area (Å²) < 4.78 is 39.4. The molecule has 1 fully saturated rings. The van der Waals surface area contributed by atoms with Crippen molar-refractivity contribution in [2.45, 2.75) is 24.3 Å². The lowest BCUT2D eigenvalue weighted by Crippen LogP contribution is -2.42. The molecule has 0 unspecified atom stereocenters. The number of aromatic amines is 1. The molecule has 1 aliphatic rings. The van der Waals surface area contributed by atoms with E-state index in [0.717, 1.165) is 13.3 Å². The molecule has 114 valence electrons. The van der Waals surface area contributed by atoms with Crippen LogP contribution in [-0.4, -0.2) is 51.5 Å². The van der Waals surface area contributed by atoms with Crippen LogP contribution in [0.1, 0.15) is 14.5 Å². The molecule has 4 atom stereocenters. The van der Waals surface area contributed by atoms with Crippen LogP contribution in [0.2, 0.25) is 0 Å². The molecule has 0 spiro atoms. The molecule has 1 aliphatic heterocycles. The van der Waals surface area contributed by atoms with Gasteiger partial charge in [-0.15, -0.1) is 6.42 Å². The van der Waals surface area contributed by atoms with Gasteiger partial charge in [0.2, 0.25) is 0 Å². The van der Waals surface area contributed by atoms with Crippen LogP contribution in [0.15, 0.2) is 11.0 Å². The zero-order valence-corrected chi connectivity index (χ0v) is 11.6. The number of terminal acetylenes is 1. The largest absolute Gasteiger partial charge is 0.385 e.